The van der Waals surface area contributed by atoms with E-state index in [1.165, 1.54) is 0 Å². The summed E-state index contributed by atoms with van der Waals surface area (Å²) in [5.41, 5.74) is 3.99. The zero-order valence-electron chi connectivity index (χ0n) is 11.2. The highest BCUT2D eigenvalue weighted by molar-refractivity contribution is 5.92. The van der Waals surface area contributed by atoms with Gasteiger partial charge >= 0.3 is 0 Å². The number of hydrogen-bond donors (Lipinski definition) is 1. The van der Waals surface area contributed by atoms with E-state index in [1.807, 2.05) is 13.0 Å². The van der Waals surface area contributed by atoms with Gasteiger partial charge in [-0.2, -0.15) is 0 Å². The van der Waals surface area contributed by atoms with E-state index >= 15 is 0 Å². The van der Waals surface area contributed by atoms with E-state index in [0.717, 1.165) is 16.7 Å². The molecule has 1 aliphatic rings. The van der Waals surface area contributed by atoms with Gasteiger partial charge in [-0.25, -0.2) is 0 Å². The predicted molar refractivity (Wildman–Crippen MR) is 77.7 cm³/mol. The van der Waals surface area contributed by atoms with Crippen LogP contribution in [0.4, 0.5) is 5.69 Å². The van der Waals surface area contributed by atoms with E-state index < -0.39 is 0 Å². The summed E-state index contributed by atoms with van der Waals surface area (Å²) in [6.45, 7) is 7.71. The highest BCUT2D eigenvalue weighted by Gasteiger charge is 2.25. The van der Waals surface area contributed by atoms with E-state index in [4.69, 9.17) is 4.74 Å². The maximum absolute atomic E-state index is 11.0. The van der Waals surface area contributed by atoms with Crippen molar-refractivity contribution >= 4 is 11.3 Å². The highest BCUT2D eigenvalue weighted by atomic mass is 16.5. The van der Waals surface area contributed by atoms with E-state index in [0.29, 0.717) is 28.3 Å². The Morgan fingerprint density at radius 3 is 2.60 bits per heavy atom. The fourth-order valence-electron chi connectivity index (χ4n) is 2.44. The van der Waals surface area contributed by atoms with Gasteiger partial charge in [-0.05, 0) is 53.9 Å². The lowest BCUT2D eigenvalue weighted by atomic mass is 9.92. The average molecular weight is 267 g/mol. The second-order valence-electron chi connectivity index (χ2n) is 4.96. The Kier molecular flexibility index (Phi) is 2.61. The van der Waals surface area contributed by atoms with Gasteiger partial charge in [-0.3, -0.25) is 0 Å². The van der Waals surface area contributed by atoms with Crippen LogP contribution in [0.5, 0.6) is 17.2 Å². The van der Waals surface area contributed by atoms with Gasteiger partial charge in [0.15, 0.2) is 0 Å². The number of aromatic hydroxyl groups is 1. The van der Waals surface area contributed by atoms with Crippen molar-refractivity contribution in [2.75, 3.05) is 0 Å². The molecule has 0 saturated heterocycles. The number of rotatable bonds is 1. The molecule has 0 fully saturated rings. The zero-order chi connectivity index (χ0) is 14.4. The number of hydrogen-bond acceptors (Lipinski definition) is 4. The van der Waals surface area contributed by atoms with Crippen LogP contribution in [0.1, 0.15) is 22.3 Å². The Morgan fingerprint density at radius 1 is 1.15 bits per heavy atom. The van der Waals surface area contributed by atoms with E-state index in [9.17, 15) is 10.0 Å². The Balaban J connectivity index is 2.27. The maximum atomic E-state index is 11.0. The summed E-state index contributed by atoms with van der Waals surface area (Å²) in [6, 6.07) is 6.90. The third-order valence-corrected chi connectivity index (χ3v) is 3.47. The first kappa shape index (κ1) is 12.4. The van der Waals surface area contributed by atoms with Gasteiger partial charge in [0.05, 0.1) is 5.56 Å². The van der Waals surface area contributed by atoms with Crippen LogP contribution in [0.15, 0.2) is 36.0 Å². The summed E-state index contributed by atoms with van der Waals surface area (Å²) in [5, 5.41) is 12.9. The van der Waals surface area contributed by atoms with E-state index in [-0.39, 0.29) is 5.75 Å². The van der Waals surface area contributed by atoms with Crippen LogP contribution in [0.3, 0.4) is 0 Å². The fraction of sp³-hybridized carbons (Fsp3) is 0.125. The Labute approximate surface area is 116 Å². The first-order valence-electron chi connectivity index (χ1n) is 6.20. The lowest BCUT2D eigenvalue weighted by Crippen LogP contribution is -2.03. The van der Waals surface area contributed by atoms with Crippen molar-refractivity contribution < 1.29 is 9.84 Å². The van der Waals surface area contributed by atoms with Gasteiger partial charge in [0, 0.05) is 11.6 Å². The van der Waals surface area contributed by atoms with Crippen molar-refractivity contribution in [2.24, 2.45) is 5.18 Å². The minimum Gasteiger partial charge on any atom is -0.508 e. The van der Waals surface area contributed by atoms with Crippen LogP contribution in [0, 0.1) is 18.8 Å². The molecule has 4 heteroatoms. The number of ether oxygens (including phenoxy) is 1. The second-order valence-corrected chi connectivity index (χ2v) is 4.96. The summed E-state index contributed by atoms with van der Waals surface area (Å²) >= 11 is 0. The largest absolute Gasteiger partial charge is 0.508 e. The molecular weight excluding hydrogens is 254 g/mol. The Hall–Kier alpha value is -2.62. The molecule has 1 aliphatic heterocycles. The van der Waals surface area contributed by atoms with Crippen molar-refractivity contribution in [2.45, 2.75) is 13.8 Å². The second kappa shape index (κ2) is 4.20. The smallest absolute Gasteiger partial charge is 0.138 e. The molecule has 0 saturated carbocycles. The first-order chi connectivity index (χ1) is 9.51. The number of fused-ring (bicyclic) bond motifs is 2. The van der Waals surface area contributed by atoms with Crippen molar-refractivity contribution in [1.29, 1.82) is 0 Å². The van der Waals surface area contributed by atoms with Crippen LogP contribution in [-0.4, -0.2) is 5.11 Å². The predicted octanol–water partition coefficient (Wildman–Crippen LogP) is 4.57. The monoisotopic (exact) mass is 267 g/mol. The molecule has 2 aromatic carbocycles. The molecule has 3 rings (SSSR count). The lowest BCUT2D eigenvalue weighted by Gasteiger charge is -2.24. The standard InChI is InChI=1S/C16H13NO3/c1-8-4-12(17-19)16-10(3)11-6-9(2)13(18)7-14(11)20-15(16)5-8/h4-7,18H,3H2,1-2H3. The molecule has 0 aromatic heterocycles. The SMILES string of the molecule is C=C1c2cc(C)c(O)cc2Oc2cc(C)cc(N=O)c21. The van der Waals surface area contributed by atoms with Crippen molar-refractivity contribution in [1.82, 2.24) is 0 Å². The fourth-order valence-corrected chi connectivity index (χ4v) is 2.44. The van der Waals surface area contributed by atoms with Crippen LogP contribution in [0.25, 0.3) is 5.57 Å². The molecule has 0 spiro atoms. The summed E-state index contributed by atoms with van der Waals surface area (Å²) in [7, 11) is 0. The van der Waals surface area contributed by atoms with Crippen LogP contribution >= 0.6 is 0 Å². The molecule has 0 aliphatic carbocycles. The van der Waals surface area contributed by atoms with Gasteiger partial charge in [0.2, 0.25) is 0 Å². The quantitative estimate of drug-likeness (QED) is 0.657. The molecule has 1 heterocycles. The number of benzene rings is 2. The summed E-state index contributed by atoms with van der Waals surface area (Å²) in [5.74, 6) is 1.25. The number of aryl methyl sites for hydroxylation is 2. The van der Waals surface area contributed by atoms with Crippen molar-refractivity contribution in [3.63, 3.8) is 0 Å². The van der Waals surface area contributed by atoms with Crippen LogP contribution in [0.2, 0.25) is 0 Å². The van der Waals surface area contributed by atoms with Gasteiger partial charge in [-0.1, -0.05) is 6.58 Å². The van der Waals surface area contributed by atoms with Gasteiger partial charge in [0.25, 0.3) is 0 Å². The molecule has 20 heavy (non-hydrogen) atoms. The third-order valence-electron chi connectivity index (χ3n) is 3.47. The average Bonchev–Trinajstić information content (AvgIpc) is 2.40. The molecular formula is C16H13NO3. The van der Waals surface area contributed by atoms with Crippen LogP contribution in [-0.2, 0) is 0 Å². The lowest BCUT2D eigenvalue weighted by molar-refractivity contribution is 0.448. The summed E-state index contributed by atoms with van der Waals surface area (Å²) < 4.78 is 5.79. The molecule has 100 valence electrons. The molecule has 0 unspecified atom stereocenters. The molecule has 4 nitrogen and oxygen atoms in total. The molecule has 2 aromatic rings. The molecule has 0 amide bonds. The van der Waals surface area contributed by atoms with Gasteiger partial charge < -0.3 is 9.84 Å². The molecule has 0 atom stereocenters. The minimum atomic E-state index is 0.168. The Morgan fingerprint density at radius 2 is 1.90 bits per heavy atom. The van der Waals surface area contributed by atoms with Crippen molar-refractivity contribution in [3.05, 3.63) is 58.0 Å². The number of phenols is 1. The minimum absolute atomic E-state index is 0.168. The third kappa shape index (κ3) is 1.69. The van der Waals surface area contributed by atoms with Gasteiger partial charge in [-0.15, -0.1) is 4.91 Å². The topological polar surface area (TPSA) is 58.9 Å². The number of nitrogens with zero attached hydrogens (tertiary/aromatic N) is 1. The normalized spacial score (nSPS) is 12.4. The maximum Gasteiger partial charge on any atom is 0.138 e. The van der Waals surface area contributed by atoms with Gasteiger partial charge in [0.1, 0.15) is 22.9 Å². The highest BCUT2D eigenvalue weighted by Crippen LogP contribution is 2.48. The van der Waals surface area contributed by atoms with E-state index in [2.05, 4.69) is 11.8 Å². The molecule has 1 N–H and O–H groups in total. The Bertz CT molecular complexity index is 763. The number of nitroso groups, excluding NO2 is 1. The summed E-state index contributed by atoms with van der Waals surface area (Å²) in [4.78, 5) is 11.0. The van der Waals surface area contributed by atoms with E-state index in [1.54, 1.807) is 25.1 Å². The number of phenolic OH excluding ortho intramolecular Hbond substituents is 1. The molecule has 0 bridgehead atoms. The summed E-state index contributed by atoms with van der Waals surface area (Å²) in [6.07, 6.45) is 0. The van der Waals surface area contributed by atoms with Crippen molar-refractivity contribution in [3.8, 4) is 17.2 Å². The zero-order valence-corrected chi connectivity index (χ0v) is 11.2. The van der Waals surface area contributed by atoms with Crippen LogP contribution < -0.4 is 4.74 Å². The molecule has 0 radical (unpaired) electrons. The first-order valence-corrected chi connectivity index (χ1v) is 6.20.